The van der Waals surface area contributed by atoms with Gasteiger partial charge in [0.05, 0.1) is 0 Å². The lowest BCUT2D eigenvalue weighted by atomic mass is 9.62. The summed E-state index contributed by atoms with van der Waals surface area (Å²) in [5.74, 6) is 0. The van der Waals surface area contributed by atoms with Crippen molar-refractivity contribution in [1.29, 1.82) is 0 Å². The van der Waals surface area contributed by atoms with Crippen LogP contribution in [-0.2, 0) is 16.4 Å². The average molecular weight is 327 g/mol. The molecule has 24 heavy (non-hydrogen) atoms. The van der Waals surface area contributed by atoms with Gasteiger partial charge in [0.2, 0.25) is 0 Å². The molecule has 1 aromatic rings. The molecule has 4 nitrogen and oxygen atoms in total. The zero-order chi connectivity index (χ0) is 17.8. The van der Waals surface area contributed by atoms with Gasteiger partial charge < -0.3 is 5.11 Å². The summed E-state index contributed by atoms with van der Waals surface area (Å²) in [6.07, 6.45) is 7.24. The van der Waals surface area contributed by atoms with E-state index in [1.807, 2.05) is 18.2 Å². The first kappa shape index (κ1) is 16.9. The number of hydrogen-bond acceptors (Lipinski definition) is 3. The summed E-state index contributed by atoms with van der Waals surface area (Å²) in [7, 11) is 0. The molecule has 0 saturated heterocycles. The quantitative estimate of drug-likeness (QED) is 0.660. The number of nitro groups is 1. The Kier molecular flexibility index (Phi) is 3.72. The first-order chi connectivity index (χ1) is 11.1. The largest absolute Gasteiger partial charge is 0.381 e. The SMILES string of the molecule is CC1(C)CCC(C)(C)c2cc(C3([N+](=O)[O-])C=CC=CC3O)ccc21. The highest BCUT2D eigenvalue weighted by Gasteiger charge is 2.50. The van der Waals surface area contributed by atoms with E-state index in [0.717, 1.165) is 18.4 Å². The van der Waals surface area contributed by atoms with Crippen LogP contribution in [0, 0.1) is 10.1 Å². The highest BCUT2D eigenvalue weighted by atomic mass is 16.6. The second kappa shape index (κ2) is 5.28. The van der Waals surface area contributed by atoms with E-state index in [0.29, 0.717) is 5.56 Å². The zero-order valence-corrected chi connectivity index (χ0v) is 14.7. The second-order valence-electron chi connectivity index (χ2n) is 8.30. The van der Waals surface area contributed by atoms with Crippen LogP contribution in [0.1, 0.15) is 57.2 Å². The minimum Gasteiger partial charge on any atom is -0.381 e. The maximum Gasteiger partial charge on any atom is 0.294 e. The summed E-state index contributed by atoms with van der Waals surface area (Å²) in [6.45, 7) is 8.83. The van der Waals surface area contributed by atoms with Crippen LogP contribution in [0.5, 0.6) is 0 Å². The Balaban J connectivity index is 2.22. The molecule has 3 rings (SSSR count). The van der Waals surface area contributed by atoms with E-state index in [1.165, 1.54) is 17.7 Å². The van der Waals surface area contributed by atoms with Crippen LogP contribution in [0.4, 0.5) is 0 Å². The van der Waals surface area contributed by atoms with Crippen molar-refractivity contribution in [3.8, 4) is 0 Å². The van der Waals surface area contributed by atoms with Gasteiger partial charge in [-0.25, -0.2) is 0 Å². The number of hydrogen-bond donors (Lipinski definition) is 1. The van der Waals surface area contributed by atoms with Gasteiger partial charge in [-0.15, -0.1) is 0 Å². The molecular weight excluding hydrogens is 302 g/mol. The van der Waals surface area contributed by atoms with Gasteiger partial charge in [-0.1, -0.05) is 52.0 Å². The van der Waals surface area contributed by atoms with E-state index in [1.54, 1.807) is 12.2 Å². The van der Waals surface area contributed by atoms with Crippen molar-refractivity contribution in [2.24, 2.45) is 0 Å². The molecule has 1 N–H and O–H groups in total. The second-order valence-corrected chi connectivity index (χ2v) is 8.30. The average Bonchev–Trinajstić information content (AvgIpc) is 2.52. The third-order valence-electron chi connectivity index (χ3n) is 5.82. The Labute approximate surface area is 143 Å². The molecule has 2 aliphatic carbocycles. The minimum absolute atomic E-state index is 0.0299. The summed E-state index contributed by atoms with van der Waals surface area (Å²) < 4.78 is 0. The van der Waals surface area contributed by atoms with Gasteiger partial charge >= 0.3 is 0 Å². The number of fused-ring (bicyclic) bond motifs is 1. The van der Waals surface area contributed by atoms with Crippen molar-refractivity contribution in [3.05, 3.63) is 69.3 Å². The summed E-state index contributed by atoms with van der Waals surface area (Å²) in [6, 6.07) is 5.79. The standard InChI is InChI=1S/C20H25NO3/c1-18(2)11-12-19(3,4)16-13-14(8-9-15(16)18)20(21(23)24)10-6-5-7-17(20)22/h5-10,13,17,22H,11-12H2,1-4H3. The Bertz CT molecular complexity index is 745. The number of aliphatic hydroxyl groups excluding tert-OH is 1. The van der Waals surface area contributed by atoms with Crippen LogP contribution in [0.15, 0.2) is 42.5 Å². The van der Waals surface area contributed by atoms with Gasteiger partial charge in [-0.05, 0) is 53.0 Å². The molecule has 0 bridgehead atoms. The van der Waals surface area contributed by atoms with Crippen molar-refractivity contribution < 1.29 is 10.0 Å². The topological polar surface area (TPSA) is 63.4 Å². The molecule has 0 heterocycles. The van der Waals surface area contributed by atoms with Gasteiger partial charge in [-0.2, -0.15) is 0 Å². The highest BCUT2D eigenvalue weighted by molar-refractivity contribution is 5.47. The van der Waals surface area contributed by atoms with Crippen LogP contribution in [0.25, 0.3) is 0 Å². The van der Waals surface area contributed by atoms with E-state index in [2.05, 4.69) is 27.7 Å². The number of aliphatic hydroxyl groups is 1. The fourth-order valence-corrected chi connectivity index (χ4v) is 4.00. The highest BCUT2D eigenvalue weighted by Crippen LogP contribution is 2.47. The van der Waals surface area contributed by atoms with Crippen molar-refractivity contribution in [2.75, 3.05) is 0 Å². The number of nitrogens with zero attached hydrogens (tertiary/aromatic N) is 1. The van der Waals surface area contributed by atoms with Crippen molar-refractivity contribution in [2.45, 2.75) is 63.0 Å². The summed E-state index contributed by atoms with van der Waals surface area (Å²) in [5, 5.41) is 22.3. The molecule has 0 radical (unpaired) electrons. The Hall–Kier alpha value is -1.94. The molecule has 2 unspecified atom stereocenters. The molecule has 2 atom stereocenters. The molecule has 0 fully saturated rings. The number of rotatable bonds is 2. The summed E-state index contributed by atoms with van der Waals surface area (Å²) in [5.41, 5.74) is 1.38. The lowest BCUT2D eigenvalue weighted by Crippen LogP contribution is -2.45. The van der Waals surface area contributed by atoms with E-state index in [-0.39, 0.29) is 15.8 Å². The Morgan fingerprint density at radius 1 is 1.08 bits per heavy atom. The van der Waals surface area contributed by atoms with Crippen LogP contribution < -0.4 is 0 Å². The summed E-state index contributed by atoms with van der Waals surface area (Å²) >= 11 is 0. The molecule has 4 heteroatoms. The Morgan fingerprint density at radius 2 is 1.71 bits per heavy atom. The normalized spacial score (nSPS) is 30.0. The van der Waals surface area contributed by atoms with Crippen LogP contribution in [-0.4, -0.2) is 16.1 Å². The van der Waals surface area contributed by atoms with E-state index < -0.39 is 11.6 Å². The van der Waals surface area contributed by atoms with E-state index in [4.69, 9.17) is 0 Å². The summed E-state index contributed by atoms with van der Waals surface area (Å²) in [4.78, 5) is 11.5. The van der Waals surface area contributed by atoms with E-state index in [9.17, 15) is 15.2 Å². The Morgan fingerprint density at radius 3 is 2.29 bits per heavy atom. The van der Waals surface area contributed by atoms with Gasteiger partial charge in [0.25, 0.3) is 5.54 Å². The molecule has 0 spiro atoms. The smallest absolute Gasteiger partial charge is 0.294 e. The lowest BCUT2D eigenvalue weighted by Gasteiger charge is -2.42. The molecule has 128 valence electrons. The predicted octanol–water partition coefficient (Wildman–Crippen LogP) is 3.99. The minimum atomic E-state index is -1.61. The van der Waals surface area contributed by atoms with Gasteiger partial charge in [0, 0.05) is 10.5 Å². The van der Waals surface area contributed by atoms with Crippen LogP contribution in [0.2, 0.25) is 0 Å². The fraction of sp³-hybridized carbons (Fsp3) is 0.500. The van der Waals surface area contributed by atoms with Gasteiger partial charge in [-0.3, -0.25) is 10.1 Å². The molecule has 1 aromatic carbocycles. The fourth-order valence-electron chi connectivity index (χ4n) is 4.00. The maximum absolute atomic E-state index is 11.9. The third-order valence-corrected chi connectivity index (χ3v) is 5.82. The van der Waals surface area contributed by atoms with Crippen molar-refractivity contribution >= 4 is 0 Å². The molecule has 2 aliphatic rings. The lowest BCUT2D eigenvalue weighted by molar-refractivity contribution is -0.574. The zero-order valence-electron chi connectivity index (χ0n) is 14.7. The van der Waals surface area contributed by atoms with E-state index >= 15 is 0 Å². The molecule has 0 aliphatic heterocycles. The monoisotopic (exact) mass is 327 g/mol. The first-order valence-corrected chi connectivity index (χ1v) is 8.45. The van der Waals surface area contributed by atoms with Gasteiger partial charge in [0.15, 0.2) is 6.10 Å². The number of benzene rings is 1. The maximum atomic E-state index is 11.9. The van der Waals surface area contributed by atoms with Gasteiger partial charge in [0.1, 0.15) is 0 Å². The third kappa shape index (κ3) is 2.32. The molecular formula is C20H25NO3. The predicted molar refractivity (Wildman–Crippen MR) is 94.7 cm³/mol. The van der Waals surface area contributed by atoms with Crippen LogP contribution in [0.3, 0.4) is 0 Å². The first-order valence-electron chi connectivity index (χ1n) is 8.45. The number of allylic oxidation sites excluding steroid dienone is 2. The van der Waals surface area contributed by atoms with Crippen LogP contribution >= 0.6 is 0 Å². The van der Waals surface area contributed by atoms with Crippen molar-refractivity contribution in [3.63, 3.8) is 0 Å². The molecule has 0 aromatic heterocycles. The van der Waals surface area contributed by atoms with Crippen molar-refractivity contribution in [1.82, 2.24) is 0 Å². The molecule has 0 saturated carbocycles. The molecule has 0 amide bonds.